The van der Waals surface area contributed by atoms with Crippen molar-refractivity contribution in [2.45, 2.75) is 32.6 Å². The normalized spacial score (nSPS) is 17.1. The maximum absolute atomic E-state index is 10.8. The summed E-state index contributed by atoms with van der Waals surface area (Å²) in [6.45, 7) is 3.61. The fraction of sp³-hybridized carbons (Fsp3) is 0.667. The van der Waals surface area contributed by atoms with Crippen LogP contribution in [0.1, 0.15) is 31.4 Å². The van der Waals surface area contributed by atoms with Crippen LogP contribution in [0, 0.1) is 22.5 Å². The predicted octanol–water partition coefficient (Wildman–Crippen LogP) is 2.83. The highest BCUT2D eigenvalue weighted by atomic mass is 16.6. The molecule has 1 heterocycles. The van der Waals surface area contributed by atoms with Crippen LogP contribution in [0.2, 0.25) is 0 Å². The molecule has 1 aromatic rings. The Hall–Kier alpha value is -1.69. The Morgan fingerprint density at radius 2 is 2.05 bits per heavy atom. The van der Waals surface area contributed by atoms with Gasteiger partial charge in [-0.05, 0) is 39.9 Å². The lowest BCUT2D eigenvalue weighted by atomic mass is 9.85. The van der Waals surface area contributed by atoms with Gasteiger partial charge in [-0.1, -0.05) is 12.8 Å². The number of aromatic nitrogens is 1. The van der Waals surface area contributed by atoms with Crippen molar-refractivity contribution in [3.63, 3.8) is 0 Å². The molecular weight excluding hydrogens is 268 g/mol. The smallest absolute Gasteiger partial charge is 0.290 e. The van der Waals surface area contributed by atoms with Crippen molar-refractivity contribution in [3.05, 3.63) is 27.9 Å². The van der Waals surface area contributed by atoms with Gasteiger partial charge in [0.05, 0.1) is 4.92 Å². The van der Waals surface area contributed by atoms with E-state index in [1.807, 2.05) is 0 Å². The molecule has 6 heteroatoms. The van der Waals surface area contributed by atoms with Crippen LogP contribution in [0.5, 0.6) is 0 Å². The number of hydrogen-bond acceptors (Lipinski definition) is 5. The number of hydrogen-bond donors (Lipinski definition) is 1. The third-order valence-corrected chi connectivity index (χ3v) is 4.21. The van der Waals surface area contributed by atoms with Gasteiger partial charge in [0.1, 0.15) is 11.5 Å². The van der Waals surface area contributed by atoms with Crippen LogP contribution >= 0.6 is 0 Å². The maximum atomic E-state index is 10.8. The van der Waals surface area contributed by atoms with Crippen molar-refractivity contribution >= 4 is 11.5 Å². The molecule has 1 aliphatic carbocycles. The van der Waals surface area contributed by atoms with Gasteiger partial charge in [-0.2, -0.15) is 0 Å². The molecule has 1 N–H and O–H groups in total. The summed E-state index contributed by atoms with van der Waals surface area (Å²) in [5, 5.41) is 14.2. The minimum absolute atomic E-state index is 0.0735. The predicted molar refractivity (Wildman–Crippen MR) is 83.6 cm³/mol. The number of nitrogens with one attached hydrogen (secondary N) is 1. The van der Waals surface area contributed by atoms with E-state index in [4.69, 9.17) is 0 Å². The number of rotatable bonds is 6. The van der Waals surface area contributed by atoms with Crippen molar-refractivity contribution < 1.29 is 4.92 Å². The molecule has 0 atom stereocenters. The molecule has 21 heavy (non-hydrogen) atoms. The molecule has 0 bridgehead atoms. The van der Waals surface area contributed by atoms with Gasteiger partial charge in [-0.3, -0.25) is 10.1 Å². The summed E-state index contributed by atoms with van der Waals surface area (Å²) in [6, 6.07) is 3.22. The lowest BCUT2D eigenvalue weighted by molar-refractivity contribution is -0.385. The minimum Gasteiger partial charge on any atom is -0.369 e. The lowest BCUT2D eigenvalue weighted by Gasteiger charge is -2.32. The van der Waals surface area contributed by atoms with E-state index in [0.717, 1.165) is 18.9 Å². The number of aryl methyl sites for hydroxylation is 1. The molecule has 0 radical (unpaired) electrons. The van der Waals surface area contributed by atoms with Gasteiger partial charge in [0, 0.05) is 24.6 Å². The largest absolute Gasteiger partial charge is 0.369 e. The molecule has 0 saturated heterocycles. The first-order valence-electron chi connectivity index (χ1n) is 7.43. The van der Waals surface area contributed by atoms with Crippen molar-refractivity contribution in [1.29, 1.82) is 0 Å². The Kier molecular flexibility index (Phi) is 4.77. The second-order valence-corrected chi connectivity index (χ2v) is 6.36. The Labute approximate surface area is 125 Å². The standard InChI is InChI=1S/C15H24N4O2/c1-12-13(19(20)21)6-7-14(17-12)16-10-15(11-18(2)3)8-4-5-9-15/h6-7H,4-5,8-11H2,1-3H3,(H,16,17). The van der Waals surface area contributed by atoms with E-state index < -0.39 is 4.92 Å². The Morgan fingerprint density at radius 1 is 1.38 bits per heavy atom. The van der Waals surface area contributed by atoms with E-state index in [1.165, 1.54) is 31.7 Å². The second-order valence-electron chi connectivity index (χ2n) is 6.36. The fourth-order valence-electron chi connectivity index (χ4n) is 3.31. The number of nitrogens with zero attached hydrogens (tertiary/aromatic N) is 3. The van der Waals surface area contributed by atoms with Crippen LogP contribution in [0.3, 0.4) is 0 Å². The zero-order chi connectivity index (χ0) is 15.5. The summed E-state index contributed by atoms with van der Waals surface area (Å²) in [6.07, 6.45) is 5.01. The van der Waals surface area contributed by atoms with Gasteiger partial charge in [0.25, 0.3) is 5.69 Å². The van der Waals surface area contributed by atoms with Crippen molar-refractivity contribution in [2.75, 3.05) is 32.5 Å². The van der Waals surface area contributed by atoms with Crippen LogP contribution < -0.4 is 5.32 Å². The zero-order valence-corrected chi connectivity index (χ0v) is 13.1. The molecule has 1 aromatic heterocycles. The van der Waals surface area contributed by atoms with Gasteiger partial charge >= 0.3 is 0 Å². The van der Waals surface area contributed by atoms with Gasteiger partial charge in [0.15, 0.2) is 0 Å². The Morgan fingerprint density at radius 3 is 2.57 bits per heavy atom. The average molecular weight is 292 g/mol. The average Bonchev–Trinajstić information content (AvgIpc) is 2.84. The second kappa shape index (κ2) is 6.39. The van der Waals surface area contributed by atoms with E-state index in [2.05, 4.69) is 29.3 Å². The molecule has 1 fully saturated rings. The molecule has 0 aliphatic heterocycles. The first-order chi connectivity index (χ1) is 9.92. The topological polar surface area (TPSA) is 71.3 Å². The summed E-state index contributed by atoms with van der Waals surface area (Å²) >= 11 is 0. The molecule has 6 nitrogen and oxygen atoms in total. The van der Waals surface area contributed by atoms with Gasteiger partial charge in [0.2, 0.25) is 0 Å². The molecule has 116 valence electrons. The highest BCUT2D eigenvalue weighted by molar-refractivity contribution is 5.45. The number of nitro groups is 1. The van der Waals surface area contributed by atoms with Crippen molar-refractivity contribution in [1.82, 2.24) is 9.88 Å². The van der Waals surface area contributed by atoms with Crippen molar-refractivity contribution in [3.8, 4) is 0 Å². The van der Waals surface area contributed by atoms with Crippen LogP contribution in [0.4, 0.5) is 11.5 Å². The van der Waals surface area contributed by atoms with Crippen LogP contribution in [0.25, 0.3) is 0 Å². The molecule has 0 amide bonds. The molecule has 0 spiro atoms. The van der Waals surface area contributed by atoms with Crippen LogP contribution in [-0.2, 0) is 0 Å². The summed E-state index contributed by atoms with van der Waals surface area (Å²) in [5.41, 5.74) is 0.823. The third-order valence-electron chi connectivity index (χ3n) is 4.21. The van der Waals surface area contributed by atoms with Gasteiger partial charge in [-0.15, -0.1) is 0 Å². The molecule has 2 rings (SSSR count). The first kappa shape index (κ1) is 15.7. The molecule has 1 saturated carbocycles. The summed E-state index contributed by atoms with van der Waals surface area (Å²) in [4.78, 5) is 17.0. The fourth-order valence-corrected chi connectivity index (χ4v) is 3.31. The lowest BCUT2D eigenvalue weighted by Crippen LogP contribution is -2.37. The van der Waals surface area contributed by atoms with E-state index in [0.29, 0.717) is 11.1 Å². The van der Waals surface area contributed by atoms with E-state index in [1.54, 1.807) is 13.0 Å². The van der Waals surface area contributed by atoms with E-state index in [9.17, 15) is 10.1 Å². The zero-order valence-electron chi connectivity index (χ0n) is 13.1. The Bertz CT molecular complexity index is 510. The monoisotopic (exact) mass is 292 g/mol. The minimum atomic E-state index is -0.392. The number of pyridine rings is 1. The maximum Gasteiger partial charge on any atom is 0.290 e. The number of anilines is 1. The summed E-state index contributed by atoms with van der Waals surface area (Å²) < 4.78 is 0. The molecular formula is C15H24N4O2. The van der Waals surface area contributed by atoms with E-state index >= 15 is 0 Å². The van der Waals surface area contributed by atoms with Gasteiger partial charge < -0.3 is 10.2 Å². The quantitative estimate of drug-likeness (QED) is 0.645. The van der Waals surface area contributed by atoms with Crippen LogP contribution in [-0.4, -0.2) is 42.0 Å². The van der Waals surface area contributed by atoms with Gasteiger partial charge in [-0.25, -0.2) is 4.98 Å². The summed E-state index contributed by atoms with van der Waals surface area (Å²) in [5.74, 6) is 0.725. The molecule has 0 aromatic carbocycles. The van der Waals surface area contributed by atoms with Crippen LogP contribution in [0.15, 0.2) is 12.1 Å². The van der Waals surface area contributed by atoms with Crippen molar-refractivity contribution in [2.24, 2.45) is 5.41 Å². The summed E-state index contributed by atoms with van der Waals surface area (Å²) in [7, 11) is 4.21. The molecule has 1 aliphatic rings. The third kappa shape index (κ3) is 3.91. The SMILES string of the molecule is Cc1nc(NCC2(CN(C)C)CCCC2)ccc1[N+](=O)[O-]. The first-order valence-corrected chi connectivity index (χ1v) is 7.43. The van der Waals surface area contributed by atoms with E-state index in [-0.39, 0.29) is 5.69 Å². The Balaban J connectivity index is 2.04. The highest BCUT2D eigenvalue weighted by Crippen LogP contribution is 2.38. The molecule has 0 unspecified atom stereocenters. The highest BCUT2D eigenvalue weighted by Gasteiger charge is 2.34.